The lowest BCUT2D eigenvalue weighted by atomic mass is 9.91. The molecule has 5 nitrogen and oxygen atoms in total. The average Bonchev–Trinajstić information content (AvgIpc) is 2.75. The predicted octanol–water partition coefficient (Wildman–Crippen LogP) is 2.16. The first-order valence-electron chi connectivity index (χ1n) is 6.20. The van der Waals surface area contributed by atoms with Gasteiger partial charge in [0.05, 0.1) is 11.6 Å². The topological polar surface area (TPSA) is 88.9 Å². The van der Waals surface area contributed by atoms with E-state index in [0.717, 1.165) is 35.0 Å². The Morgan fingerprint density at radius 3 is 3.11 bits per heavy atom. The molecule has 0 radical (unpaired) electrons. The Bertz CT molecular complexity index is 697. The second-order valence-corrected chi connectivity index (χ2v) is 4.84. The van der Waals surface area contributed by atoms with E-state index in [-0.39, 0.29) is 6.04 Å². The molecule has 0 spiro atoms. The van der Waals surface area contributed by atoms with Gasteiger partial charge < -0.3 is 15.4 Å². The largest absolute Gasteiger partial charge is 0.465 e. The highest BCUT2D eigenvalue weighted by Gasteiger charge is 2.23. The second kappa shape index (κ2) is 4.32. The van der Waals surface area contributed by atoms with Crippen LogP contribution in [0.4, 0.5) is 4.79 Å². The summed E-state index contributed by atoms with van der Waals surface area (Å²) in [6, 6.07) is 7.66. The highest BCUT2D eigenvalue weighted by Crippen LogP contribution is 2.29. The van der Waals surface area contributed by atoms with E-state index in [1.165, 1.54) is 0 Å². The third kappa shape index (κ3) is 2.02. The van der Waals surface area contributed by atoms with Crippen molar-refractivity contribution in [1.82, 2.24) is 10.3 Å². The van der Waals surface area contributed by atoms with Crippen molar-refractivity contribution in [2.75, 3.05) is 0 Å². The summed E-state index contributed by atoms with van der Waals surface area (Å²) in [5, 5.41) is 21.3. The Morgan fingerprint density at radius 1 is 1.53 bits per heavy atom. The Kier molecular flexibility index (Phi) is 2.64. The third-order valence-electron chi connectivity index (χ3n) is 3.64. The van der Waals surface area contributed by atoms with Gasteiger partial charge in [0.2, 0.25) is 0 Å². The van der Waals surface area contributed by atoms with E-state index in [4.69, 9.17) is 10.4 Å². The number of fused-ring (bicyclic) bond motifs is 3. The van der Waals surface area contributed by atoms with Gasteiger partial charge in [0.15, 0.2) is 0 Å². The van der Waals surface area contributed by atoms with Gasteiger partial charge in [0.1, 0.15) is 0 Å². The summed E-state index contributed by atoms with van der Waals surface area (Å²) < 4.78 is 0. The molecule has 19 heavy (non-hydrogen) atoms. The van der Waals surface area contributed by atoms with Crippen molar-refractivity contribution in [1.29, 1.82) is 5.26 Å². The summed E-state index contributed by atoms with van der Waals surface area (Å²) in [6.07, 6.45) is 1.33. The van der Waals surface area contributed by atoms with E-state index >= 15 is 0 Å². The van der Waals surface area contributed by atoms with Gasteiger partial charge in [-0.2, -0.15) is 5.26 Å². The van der Waals surface area contributed by atoms with Crippen LogP contribution < -0.4 is 5.32 Å². The van der Waals surface area contributed by atoms with Crippen molar-refractivity contribution in [3.63, 3.8) is 0 Å². The van der Waals surface area contributed by atoms with E-state index in [1.807, 2.05) is 12.1 Å². The normalized spacial score (nSPS) is 17.7. The maximum atomic E-state index is 10.7. The minimum Gasteiger partial charge on any atom is -0.465 e. The number of hydrogen-bond acceptors (Lipinski definition) is 2. The summed E-state index contributed by atoms with van der Waals surface area (Å²) in [5.74, 6) is 0. The van der Waals surface area contributed by atoms with E-state index in [9.17, 15) is 4.79 Å². The van der Waals surface area contributed by atoms with Gasteiger partial charge in [0, 0.05) is 22.6 Å². The zero-order valence-electron chi connectivity index (χ0n) is 10.2. The fourth-order valence-electron chi connectivity index (χ4n) is 2.78. The predicted molar refractivity (Wildman–Crippen MR) is 70.0 cm³/mol. The first-order valence-corrected chi connectivity index (χ1v) is 6.20. The van der Waals surface area contributed by atoms with Gasteiger partial charge in [0.25, 0.3) is 0 Å². The van der Waals surface area contributed by atoms with Crippen molar-refractivity contribution in [3.8, 4) is 6.07 Å². The Hall–Kier alpha value is -2.48. The monoisotopic (exact) mass is 255 g/mol. The summed E-state index contributed by atoms with van der Waals surface area (Å²) in [7, 11) is 0. The molecule has 0 saturated heterocycles. The van der Waals surface area contributed by atoms with E-state index < -0.39 is 6.09 Å². The SMILES string of the molecule is N#Cc1ccc2[nH]c3c(c2c1)CC(NC(=O)O)CC3. The first-order chi connectivity index (χ1) is 9.17. The van der Waals surface area contributed by atoms with Crippen LogP contribution in [-0.4, -0.2) is 22.2 Å². The molecule has 96 valence electrons. The lowest BCUT2D eigenvalue weighted by Crippen LogP contribution is -2.37. The lowest BCUT2D eigenvalue weighted by Gasteiger charge is -2.22. The van der Waals surface area contributed by atoms with Crippen LogP contribution in [0.2, 0.25) is 0 Å². The number of carboxylic acid groups (broad SMARTS) is 1. The third-order valence-corrected chi connectivity index (χ3v) is 3.64. The highest BCUT2D eigenvalue weighted by atomic mass is 16.4. The minimum atomic E-state index is -0.981. The van der Waals surface area contributed by atoms with Crippen molar-refractivity contribution >= 4 is 17.0 Å². The molecule has 3 rings (SSSR count). The molecule has 0 saturated carbocycles. The van der Waals surface area contributed by atoms with Crippen LogP contribution in [0, 0.1) is 11.3 Å². The molecular formula is C14H13N3O2. The van der Waals surface area contributed by atoms with Gasteiger partial charge in [-0.1, -0.05) is 0 Å². The molecule has 2 aromatic rings. The number of hydrogen-bond donors (Lipinski definition) is 3. The fourth-order valence-corrected chi connectivity index (χ4v) is 2.78. The van der Waals surface area contributed by atoms with Gasteiger partial charge in [-0.15, -0.1) is 0 Å². The van der Waals surface area contributed by atoms with Crippen LogP contribution in [0.25, 0.3) is 10.9 Å². The van der Waals surface area contributed by atoms with Crippen LogP contribution in [-0.2, 0) is 12.8 Å². The molecule has 0 aliphatic heterocycles. The number of nitrogens with one attached hydrogen (secondary N) is 2. The number of aryl methyl sites for hydroxylation is 1. The van der Waals surface area contributed by atoms with E-state index in [0.29, 0.717) is 12.0 Å². The Morgan fingerprint density at radius 2 is 2.37 bits per heavy atom. The molecule has 5 heteroatoms. The Balaban J connectivity index is 2.02. The van der Waals surface area contributed by atoms with Gasteiger partial charge in [-0.25, -0.2) is 4.79 Å². The van der Waals surface area contributed by atoms with Crippen LogP contribution >= 0.6 is 0 Å². The fraction of sp³-hybridized carbons (Fsp3) is 0.286. The number of rotatable bonds is 1. The average molecular weight is 255 g/mol. The van der Waals surface area contributed by atoms with Crippen molar-refractivity contribution in [2.24, 2.45) is 0 Å². The molecule has 0 fully saturated rings. The van der Waals surface area contributed by atoms with Crippen molar-refractivity contribution in [3.05, 3.63) is 35.0 Å². The molecule has 1 atom stereocenters. The molecule has 0 bridgehead atoms. The zero-order chi connectivity index (χ0) is 13.4. The number of benzene rings is 1. The lowest BCUT2D eigenvalue weighted by molar-refractivity contribution is 0.188. The first kappa shape index (κ1) is 11.6. The Labute approximate surface area is 109 Å². The summed E-state index contributed by atoms with van der Waals surface area (Å²) in [4.78, 5) is 14.1. The van der Waals surface area contributed by atoms with Gasteiger partial charge >= 0.3 is 6.09 Å². The summed E-state index contributed by atoms with van der Waals surface area (Å²) >= 11 is 0. The molecule has 3 N–H and O–H groups in total. The number of aromatic nitrogens is 1. The van der Waals surface area contributed by atoms with Gasteiger partial charge in [-0.05, 0) is 43.0 Å². The molecule has 1 aromatic carbocycles. The van der Waals surface area contributed by atoms with E-state index in [2.05, 4.69) is 16.4 Å². The number of aromatic amines is 1. The maximum Gasteiger partial charge on any atom is 0.404 e. The molecule has 1 heterocycles. The molecule has 1 aromatic heterocycles. The standard InChI is InChI=1S/C14H13N3O2/c15-7-8-1-3-12-10(5-8)11-6-9(16-14(18)19)2-4-13(11)17-12/h1,3,5,9,16-17H,2,4,6H2,(H,18,19). The zero-order valence-corrected chi connectivity index (χ0v) is 10.2. The van der Waals surface area contributed by atoms with Crippen LogP contribution in [0.5, 0.6) is 0 Å². The number of carbonyl (C=O) groups is 1. The molecule has 1 amide bonds. The van der Waals surface area contributed by atoms with Crippen LogP contribution in [0.1, 0.15) is 23.2 Å². The van der Waals surface area contributed by atoms with Crippen LogP contribution in [0.15, 0.2) is 18.2 Å². The van der Waals surface area contributed by atoms with Crippen molar-refractivity contribution in [2.45, 2.75) is 25.3 Å². The molecule has 1 aliphatic rings. The highest BCUT2D eigenvalue weighted by molar-refractivity contribution is 5.86. The maximum absolute atomic E-state index is 10.7. The minimum absolute atomic E-state index is 0.0465. The summed E-state index contributed by atoms with van der Waals surface area (Å²) in [6.45, 7) is 0. The molecular weight excluding hydrogens is 242 g/mol. The smallest absolute Gasteiger partial charge is 0.404 e. The number of amides is 1. The molecule has 1 unspecified atom stereocenters. The second-order valence-electron chi connectivity index (χ2n) is 4.84. The summed E-state index contributed by atoms with van der Waals surface area (Å²) in [5.41, 5.74) is 3.94. The quantitative estimate of drug-likeness (QED) is 0.729. The van der Waals surface area contributed by atoms with Gasteiger partial charge in [-0.3, -0.25) is 0 Å². The number of nitrogens with zero attached hydrogens (tertiary/aromatic N) is 1. The van der Waals surface area contributed by atoms with E-state index in [1.54, 1.807) is 6.07 Å². The van der Waals surface area contributed by atoms with Crippen LogP contribution in [0.3, 0.4) is 0 Å². The number of H-pyrrole nitrogens is 1. The number of nitriles is 1. The molecule has 1 aliphatic carbocycles. The van der Waals surface area contributed by atoms with Crippen molar-refractivity contribution < 1.29 is 9.90 Å².